The molecular weight excluding hydrogens is 278 g/mol. The molecule has 5 nitrogen and oxygen atoms in total. The zero-order chi connectivity index (χ0) is 15.9. The molecule has 5 heteroatoms. The van der Waals surface area contributed by atoms with E-state index in [4.69, 9.17) is 0 Å². The SMILES string of the molecule is C=CCNC(=O)c1cc(C(=O)Nc2ccc(C)cc2)ccn1. The number of aromatic nitrogens is 1. The van der Waals surface area contributed by atoms with Crippen molar-refractivity contribution in [3.63, 3.8) is 0 Å². The molecule has 0 saturated heterocycles. The molecule has 2 N–H and O–H groups in total. The number of anilines is 1. The predicted octanol–water partition coefficient (Wildman–Crippen LogP) is 2.56. The van der Waals surface area contributed by atoms with Crippen LogP contribution in [-0.4, -0.2) is 23.3 Å². The molecule has 0 unspecified atom stereocenters. The monoisotopic (exact) mass is 295 g/mol. The third-order valence-corrected chi connectivity index (χ3v) is 2.97. The first-order chi connectivity index (χ1) is 10.6. The van der Waals surface area contributed by atoms with Gasteiger partial charge in [-0.15, -0.1) is 6.58 Å². The first-order valence-corrected chi connectivity index (χ1v) is 6.83. The second-order valence-corrected chi connectivity index (χ2v) is 4.75. The smallest absolute Gasteiger partial charge is 0.270 e. The van der Waals surface area contributed by atoms with E-state index in [2.05, 4.69) is 22.2 Å². The molecule has 2 aromatic rings. The average Bonchev–Trinajstić information content (AvgIpc) is 2.54. The van der Waals surface area contributed by atoms with Gasteiger partial charge in [-0.1, -0.05) is 23.8 Å². The highest BCUT2D eigenvalue weighted by Gasteiger charge is 2.11. The maximum atomic E-state index is 12.2. The standard InChI is InChI=1S/C17H17N3O2/c1-3-9-19-17(22)15-11-13(8-10-18-15)16(21)20-14-6-4-12(2)5-7-14/h3-8,10-11H,1,9H2,2H3,(H,19,22)(H,20,21). The van der Waals surface area contributed by atoms with E-state index in [1.807, 2.05) is 31.2 Å². The van der Waals surface area contributed by atoms with Crippen LogP contribution >= 0.6 is 0 Å². The number of pyridine rings is 1. The molecule has 0 aliphatic heterocycles. The van der Waals surface area contributed by atoms with Crippen molar-refractivity contribution in [2.75, 3.05) is 11.9 Å². The molecule has 2 rings (SSSR count). The van der Waals surface area contributed by atoms with Crippen molar-refractivity contribution in [1.82, 2.24) is 10.3 Å². The van der Waals surface area contributed by atoms with Gasteiger partial charge in [0.15, 0.2) is 0 Å². The van der Waals surface area contributed by atoms with Crippen LogP contribution in [0.25, 0.3) is 0 Å². The minimum Gasteiger partial charge on any atom is -0.347 e. The lowest BCUT2D eigenvalue weighted by molar-refractivity contribution is 0.0953. The van der Waals surface area contributed by atoms with Gasteiger partial charge in [-0.3, -0.25) is 14.6 Å². The summed E-state index contributed by atoms with van der Waals surface area (Å²) in [5, 5.41) is 5.40. The molecule has 0 aliphatic rings. The highest BCUT2D eigenvalue weighted by atomic mass is 16.2. The van der Waals surface area contributed by atoms with Crippen molar-refractivity contribution >= 4 is 17.5 Å². The van der Waals surface area contributed by atoms with E-state index in [1.54, 1.807) is 12.1 Å². The van der Waals surface area contributed by atoms with E-state index in [-0.39, 0.29) is 17.5 Å². The lowest BCUT2D eigenvalue weighted by atomic mass is 10.2. The number of hydrogen-bond donors (Lipinski definition) is 2. The Kier molecular flexibility index (Phi) is 5.03. The first-order valence-electron chi connectivity index (χ1n) is 6.83. The van der Waals surface area contributed by atoms with Crippen LogP contribution in [0.15, 0.2) is 55.3 Å². The number of hydrogen-bond acceptors (Lipinski definition) is 3. The van der Waals surface area contributed by atoms with Gasteiger partial charge in [-0.25, -0.2) is 0 Å². The van der Waals surface area contributed by atoms with Gasteiger partial charge in [0, 0.05) is 24.0 Å². The van der Waals surface area contributed by atoms with E-state index in [0.29, 0.717) is 17.8 Å². The average molecular weight is 295 g/mol. The lowest BCUT2D eigenvalue weighted by Gasteiger charge is -2.07. The minimum atomic E-state index is -0.343. The van der Waals surface area contributed by atoms with E-state index < -0.39 is 0 Å². The van der Waals surface area contributed by atoms with Gasteiger partial charge in [0.05, 0.1) is 0 Å². The molecule has 112 valence electrons. The highest BCUT2D eigenvalue weighted by Crippen LogP contribution is 2.11. The molecule has 0 aliphatic carbocycles. The molecule has 2 amide bonds. The summed E-state index contributed by atoms with van der Waals surface area (Å²) < 4.78 is 0. The quantitative estimate of drug-likeness (QED) is 0.833. The van der Waals surface area contributed by atoms with Gasteiger partial charge in [0.2, 0.25) is 0 Å². The number of benzene rings is 1. The summed E-state index contributed by atoms with van der Waals surface area (Å²) in [4.78, 5) is 28.0. The Bertz CT molecular complexity index is 693. The molecular formula is C17H17N3O2. The summed E-state index contributed by atoms with van der Waals surface area (Å²) in [6.07, 6.45) is 3.01. The van der Waals surface area contributed by atoms with Gasteiger partial charge in [0.1, 0.15) is 5.69 Å². The Morgan fingerprint density at radius 3 is 2.59 bits per heavy atom. The Morgan fingerprint density at radius 2 is 1.91 bits per heavy atom. The summed E-state index contributed by atoms with van der Waals surface area (Å²) in [5.74, 6) is -0.631. The summed E-state index contributed by atoms with van der Waals surface area (Å²) >= 11 is 0. The molecule has 22 heavy (non-hydrogen) atoms. The second kappa shape index (κ2) is 7.17. The van der Waals surface area contributed by atoms with Crippen LogP contribution in [0.1, 0.15) is 26.4 Å². The molecule has 1 aromatic heterocycles. The third kappa shape index (κ3) is 4.02. The van der Waals surface area contributed by atoms with E-state index in [1.165, 1.54) is 12.3 Å². The van der Waals surface area contributed by atoms with Crippen LogP contribution < -0.4 is 10.6 Å². The van der Waals surface area contributed by atoms with Crippen LogP contribution in [-0.2, 0) is 0 Å². The summed E-state index contributed by atoms with van der Waals surface area (Å²) in [5.41, 5.74) is 2.38. The highest BCUT2D eigenvalue weighted by molar-refractivity contribution is 6.05. The number of rotatable bonds is 5. The number of nitrogens with one attached hydrogen (secondary N) is 2. The third-order valence-electron chi connectivity index (χ3n) is 2.97. The van der Waals surface area contributed by atoms with Crippen molar-refractivity contribution in [1.29, 1.82) is 0 Å². The molecule has 0 saturated carbocycles. The maximum Gasteiger partial charge on any atom is 0.270 e. The van der Waals surface area contributed by atoms with Gasteiger partial charge in [0.25, 0.3) is 11.8 Å². The van der Waals surface area contributed by atoms with Gasteiger partial charge >= 0.3 is 0 Å². The van der Waals surface area contributed by atoms with Crippen molar-refractivity contribution in [2.45, 2.75) is 6.92 Å². The van der Waals surface area contributed by atoms with Crippen LogP contribution in [0.2, 0.25) is 0 Å². The van der Waals surface area contributed by atoms with Crippen molar-refractivity contribution in [3.8, 4) is 0 Å². The maximum absolute atomic E-state index is 12.2. The van der Waals surface area contributed by atoms with Crippen LogP contribution in [0.4, 0.5) is 5.69 Å². The fourth-order valence-electron chi connectivity index (χ4n) is 1.79. The first kappa shape index (κ1) is 15.4. The summed E-state index contributed by atoms with van der Waals surface area (Å²) in [6, 6.07) is 10.5. The number of carbonyl (C=O) groups excluding carboxylic acids is 2. The van der Waals surface area contributed by atoms with Crippen LogP contribution in [0.3, 0.4) is 0 Å². The number of carbonyl (C=O) groups is 2. The summed E-state index contributed by atoms with van der Waals surface area (Å²) in [6.45, 7) is 5.85. The zero-order valence-corrected chi connectivity index (χ0v) is 12.3. The Hall–Kier alpha value is -2.95. The number of nitrogens with zero attached hydrogens (tertiary/aromatic N) is 1. The summed E-state index contributed by atoms with van der Waals surface area (Å²) in [7, 11) is 0. The molecule has 0 fully saturated rings. The fraction of sp³-hybridized carbons (Fsp3) is 0.118. The lowest BCUT2D eigenvalue weighted by Crippen LogP contribution is -2.24. The molecule has 0 bridgehead atoms. The topological polar surface area (TPSA) is 71.1 Å². The normalized spacial score (nSPS) is 9.86. The van der Waals surface area contributed by atoms with Crippen molar-refractivity contribution in [2.24, 2.45) is 0 Å². The number of aryl methyl sites for hydroxylation is 1. The minimum absolute atomic E-state index is 0.193. The predicted molar refractivity (Wildman–Crippen MR) is 85.9 cm³/mol. The van der Waals surface area contributed by atoms with Gasteiger partial charge in [-0.05, 0) is 31.2 Å². The largest absolute Gasteiger partial charge is 0.347 e. The van der Waals surface area contributed by atoms with E-state index >= 15 is 0 Å². The van der Waals surface area contributed by atoms with Crippen LogP contribution in [0.5, 0.6) is 0 Å². The van der Waals surface area contributed by atoms with E-state index in [9.17, 15) is 9.59 Å². The van der Waals surface area contributed by atoms with Gasteiger partial charge < -0.3 is 10.6 Å². The van der Waals surface area contributed by atoms with E-state index in [0.717, 1.165) is 5.56 Å². The molecule has 1 heterocycles. The molecule has 0 atom stereocenters. The van der Waals surface area contributed by atoms with Crippen molar-refractivity contribution in [3.05, 3.63) is 72.1 Å². The Labute approximate surface area is 129 Å². The Morgan fingerprint density at radius 1 is 1.18 bits per heavy atom. The van der Waals surface area contributed by atoms with Crippen molar-refractivity contribution < 1.29 is 9.59 Å². The molecule has 0 spiro atoms. The molecule has 0 radical (unpaired) electrons. The molecule has 1 aromatic carbocycles. The fourth-order valence-corrected chi connectivity index (χ4v) is 1.79. The Balaban J connectivity index is 2.11. The van der Waals surface area contributed by atoms with Gasteiger partial charge in [-0.2, -0.15) is 0 Å². The number of amides is 2. The second-order valence-electron chi connectivity index (χ2n) is 4.75. The van der Waals surface area contributed by atoms with Crippen LogP contribution in [0, 0.1) is 6.92 Å². The zero-order valence-electron chi connectivity index (χ0n) is 12.3.